The van der Waals surface area contributed by atoms with E-state index >= 15 is 0 Å². The van der Waals surface area contributed by atoms with Crippen LogP contribution in [0.2, 0.25) is 0 Å². The fourth-order valence-electron chi connectivity index (χ4n) is 0.663. The van der Waals surface area contributed by atoms with Crippen LogP contribution in [0.3, 0.4) is 0 Å². The number of hydrogen-bond donors (Lipinski definition) is 0. The molecule has 0 aromatic rings. The number of rotatable bonds is 2. The van der Waals surface area contributed by atoms with Gasteiger partial charge >= 0.3 is 0 Å². The van der Waals surface area contributed by atoms with Crippen molar-refractivity contribution in [2.75, 3.05) is 17.6 Å². The van der Waals surface area contributed by atoms with Gasteiger partial charge in [-0.3, -0.25) is 0 Å². The van der Waals surface area contributed by atoms with Crippen LogP contribution in [0.5, 0.6) is 0 Å². The molecule has 0 atom stereocenters. The highest BCUT2D eigenvalue weighted by Gasteiger charge is 2.13. The van der Waals surface area contributed by atoms with E-state index in [0.29, 0.717) is 0 Å². The number of alkyl halides is 1. The molecule has 0 aromatic heterocycles. The summed E-state index contributed by atoms with van der Waals surface area (Å²) in [5.74, 6) is 0. The van der Waals surface area contributed by atoms with Crippen LogP contribution in [0.15, 0.2) is 0 Å². The lowest BCUT2D eigenvalue weighted by atomic mass is 10.5. The van der Waals surface area contributed by atoms with Gasteiger partial charge in [-0.15, -0.1) is 0 Å². The summed E-state index contributed by atoms with van der Waals surface area (Å²) in [6, 6.07) is 0. The van der Waals surface area contributed by atoms with Crippen LogP contribution in [0, 0.1) is 0 Å². The highest BCUT2D eigenvalue weighted by Crippen LogP contribution is 2.08. The van der Waals surface area contributed by atoms with Crippen LogP contribution in [-0.2, 0) is 9.47 Å². The summed E-state index contributed by atoms with van der Waals surface area (Å²) < 4.78 is 11.4. The predicted octanol–water partition coefficient (Wildman–Crippen LogP) is 1.18. The van der Waals surface area contributed by atoms with E-state index in [-0.39, 0.29) is 6.29 Å². The Bertz CT molecular complexity index is 61.4. The van der Waals surface area contributed by atoms with Gasteiger partial charge < -0.3 is 9.47 Å². The van der Waals surface area contributed by atoms with Gasteiger partial charge in [-0.25, -0.2) is 0 Å². The molecule has 1 heterocycles. The molecule has 3 heteroatoms. The van der Waals surface area contributed by atoms with Crippen LogP contribution in [0.1, 0.15) is 6.42 Å². The monoisotopic (exact) mass is 228 g/mol. The highest BCUT2D eigenvalue weighted by atomic mass is 127. The first-order valence-corrected chi connectivity index (χ1v) is 4.25. The molecule has 0 aromatic carbocycles. The maximum absolute atomic E-state index is 5.17. The van der Waals surface area contributed by atoms with Gasteiger partial charge in [0.2, 0.25) is 0 Å². The third-order valence-electron chi connectivity index (χ3n) is 1.04. The SMILES string of the molecule is ICCC1OCCO1. The Morgan fingerprint density at radius 3 is 2.50 bits per heavy atom. The summed E-state index contributed by atoms with van der Waals surface area (Å²) in [6.45, 7) is 1.56. The van der Waals surface area contributed by atoms with Gasteiger partial charge in [-0.05, 0) is 0 Å². The average molecular weight is 228 g/mol. The van der Waals surface area contributed by atoms with Crippen LogP contribution in [-0.4, -0.2) is 23.9 Å². The van der Waals surface area contributed by atoms with Crippen LogP contribution >= 0.6 is 22.6 Å². The molecular weight excluding hydrogens is 219 g/mol. The van der Waals surface area contributed by atoms with E-state index in [1.165, 1.54) is 0 Å². The van der Waals surface area contributed by atoms with E-state index in [1.54, 1.807) is 0 Å². The third-order valence-corrected chi connectivity index (χ3v) is 1.66. The van der Waals surface area contributed by atoms with Crippen LogP contribution < -0.4 is 0 Å². The first kappa shape index (κ1) is 6.77. The largest absolute Gasteiger partial charge is 0.350 e. The Balaban J connectivity index is 2.06. The molecule has 0 aliphatic carbocycles. The van der Waals surface area contributed by atoms with Crippen LogP contribution in [0.4, 0.5) is 0 Å². The Labute approximate surface area is 62.7 Å². The molecule has 0 unspecified atom stereocenters. The molecule has 0 N–H and O–H groups in total. The lowest BCUT2D eigenvalue weighted by Crippen LogP contribution is -2.06. The second-order valence-electron chi connectivity index (χ2n) is 1.65. The Kier molecular flexibility index (Phi) is 3.07. The molecule has 1 rings (SSSR count). The standard InChI is InChI=1S/C5H9IO2/c6-2-1-5-7-3-4-8-5/h5H,1-4H2. The summed E-state index contributed by atoms with van der Waals surface area (Å²) in [4.78, 5) is 0. The van der Waals surface area contributed by atoms with Gasteiger partial charge in [0, 0.05) is 10.8 Å². The molecule has 8 heavy (non-hydrogen) atoms. The molecule has 1 aliphatic heterocycles. The number of halogens is 1. The van der Waals surface area contributed by atoms with Gasteiger partial charge in [0.25, 0.3) is 0 Å². The summed E-state index contributed by atoms with van der Waals surface area (Å²) in [7, 11) is 0. The van der Waals surface area contributed by atoms with Gasteiger partial charge in [-0.2, -0.15) is 0 Å². The molecule has 0 radical (unpaired) electrons. The second-order valence-corrected chi connectivity index (χ2v) is 2.73. The van der Waals surface area contributed by atoms with E-state index in [0.717, 1.165) is 24.1 Å². The number of ether oxygens (including phenoxy) is 2. The average Bonchev–Trinajstić information content (AvgIpc) is 2.19. The van der Waals surface area contributed by atoms with Gasteiger partial charge in [0.05, 0.1) is 13.2 Å². The van der Waals surface area contributed by atoms with Gasteiger partial charge in [0.1, 0.15) is 0 Å². The lowest BCUT2D eigenvalue weighted by molar-refractivity contribution is -0.0416. The van der Waals surface area contributed by atoms with Crippen molar-refractivity contribution < 1.29 is 9.47 Å². The van der Waals surface area contributed by atoms with Gasteiger partial charge in [0.15, 0.2) is 6.29 Å². The molecule has 0 saturated carbocycles. The third kappa shape index (κ3) is 1.87. The first-order chi connectivity index (χ1) is 3.93. The summed E-state index contributed by atoms with van der Waals surface area (Å²) in [5, 5.41) is 0. The molecular formula is C5H9IO2. The van der Waals surface area contributed by atoms with Gasteiger partial charge in [-0.1, -0.05) is 22.6 Å². The first-order valence-electron chi connectivity index (χ1n) is 2.72. The van der Waals surface area contributed by atoms with E-state index in [9.17, 15) is 0 Å². The van der Waals surface area contributed by atoms with Crippen molar-refractivity contribution in [1.82, 2.24) is 0 Å². The number of hydrogen-bond acceptors (Lipinski definition) is 2. The zero-order valence-electron chi connectivity index (χ0n) is 4.60. The second kappa shape index (κ2) is 3.63. The smallest absolute Gasteiger partial charge is 0.158 e. The van der Waals surface area contributed by atoms with Crippen molar-refractivity contribution in [3.05, 3.63) is 0 Å². The lowest BCUT2D eigenvalue weighted by Gasteiger charge is -2.03. The van der Waals surface area contributed by atoms with E-state index in [1.807, 2.05) is 0 Å². The van der Waals surface area contributed by atoms with Crippen molar-refractivity contribution >= 4 is 22.6 Å². The summed E-state index contributed by atoms with van der Waals surface area (Å²) in [5.41, 5.74) is 0. The van der Waals surface area contributed by atoms with Crippen LogP contribution in [0.25, 0.3) is 0 Å². The molecule has 0 bridgehead atoms. The fourth-order valence-corrected chi connectivity index (χ4v) is 1.17. The Morgan fingerprint density at radius 1 is 1.38 bits per heavy atom. The quantitative estimate of drug-likeness (QED) is 0.522. The molecule has 0 spiro atoms. The zero-order valence-corrected chi connectivity index (χ0v) is 6.76. The van der Waals surface area contributed by atoms with E-state index < -0.39 is 0 Å². The molecule has 1 fully saturated rings. The van der Waals surface area contributed by atoms with Crippen molar-refractivity contribution in [3.8, 4) is 0 Å². The minimum atomic E-state index is 0.104. The predicted molar refractivity (Wildman–Crippen MR) is 39.2 cm³/mol. The normalized spacial score (nSPS) is 22.1. The van der Waals surface area contributed by atoms with E-state index in [2.05, 4.69) is 22.6 Å². The molecule has 0 amide bonds. The Hall–Kier alpha value is 0.650. The van der Waals surface area contributed by atoms with Crippen molar-refractivity contribution in [1.29, 1.82) is 0 Å². The van der Waals surface area contributed by atoms with Crippen molar-refractivity contribution in [3.63, 3.8) is 0 Å². The van der Waals surface area contributed by atoms with Crippen molar-refractivity contribution in [2.24, 2.45) is 0 Å². The molecule has 48 valence electrons. The maximum atomic E-state index is 5.17. The van der Waals surface area contributed by atoms with Crippen molar-refractivity contribution in [2.45, 2.75) is 12.7 Å². The summed E-state index contributed by atoms with van der Waals surface area (Å²) in [6.07, 6.45) is 1.13. The highest BCUT2D eigenvalue weighted by molar-refractivity contribution is 14.1. The minimum Gasteiger partial charge on any atom is -0.350 e. The Morgan fingerprint density at radius 2 is 2.00 bits per heavy atom. The molecule has 2 nitrogen and oxygen atoms in total. The topological polar surface area (TPSA) is 18.5 Å². The maximum Gasteiger partial charge on any atom is 0.158 e. The molecule has 1 aliphatic rings. The minimum absolute atomic E-state index is 0.104. The fraction of sp³-hybridized carbons (Fsp3) is 1.00. The molecule has 1 saturated heterocycles. The van der Waals surface area contributed by atoms with E-state index in [4.69, 9.17) is 9.47 Å². The summed E-state index contributed by atoms with van der Waals surface area (Å²) >= 11 is 2.32. The zero-order chi connectivity index (χ0) is 5.82.